The van der Waals surface area contributed by atoms with Crippen molar-refractivity contribution in [3.63, 3.8) is 0 Å². The summed E-state index contributed by atoms with van der Waals surface area (Å²) in [6.07, 6.45) is 3.78. The molecule has 1 unspecified atom stereocenters. The summed E-state index contributed by atoms with van der Waals surface area (Å²) in [7, 11) is 0. The lowest BCUT2D eigenvalue weighted by Gasteiger charge is -2.28. The van der Waals surface area contributed by atoms with Gasteiger partial charge in [0.1, 0.15) is 5.75 Å². The van der Waals surface area contributed by atoms with Crippen molar-refractivity contribution < 1.29 is 24.2 Å². The van der Waals surface area contributed by atoms with Crippen LogP contribution in [0.4, 0.5) is 0 Å². The highest BCUT2D eigenvalue weighted by Gasteiger charge is 2.53. The van der Waals surface area contributed by atoms with E-state index >= 15 is 0 Å². The van der Waals surface area contributed by atoms with Gasteiger partial charge in [-0.1, -0.05) is 12.1 Å². The zero-order valence-corrected chi connectivity index (χ0v) is 13.8. The van der Waals surface area contributed by atoms with Crippen molar-refractivity contribution in [2.24, 2.45) is 5.41 Å². The molecule has 0 aromatic heterocycles. The SMILES string of the molecule is CC(NC(=O)[C@]12CCC[C@H]1OCC2)c1ccc(OCC(=O)O)cc1. The third-order valence-electron chi connectivity index (χ3n) is 5.11. The summed E-state index contributed by atoms with van der Waals surface area (Å²) in [5.41, 5.74) is 0.606. The average molecular weight is 333 g/mol. The zero-order valence-electron chi connectivity index (χ0n) is 13.8. The molecule has 1 aliphatic carbocycles. The summed E-state index contributed by atoms with van der Waals surface area (Å²) in [6, 6.07) is 7.00. The van der Waals surface area contributed by atoms with Crippen molar-refractivity contribution in [3.8, 4) is 5.75 Å². The molecule has 2 aliphatic rings. The lowest BCUT2D eigenvalue weighted by molar-refractivity contribution is -0.139. The zero-order chi connectivity index (χ0) is 17.2. The van der Waals surface area contributed by atoms with Crippen LogP contribution in [0.3, 0.4) is 0 Å². The molecule has 24 heavy (non-hydrogen) atoms. The van der Waals surface area contributed by atoms with Gasteiger partial charge in [-0.05, 0) is 50.3 Å². The van der Waals surface area contributed by atoms with Crippen LogP contribution in [0.15, 0.2) is 24.3 Å². The Hall–Kier alpha value is -2.08. The molecule has 3 atom stereocenters. The van der Waals surface area contributed by atoms with Crippen LogP contribution in [-0.4, -0.2) is 36.3 Å². The van der Waals surface area contributed by atoms with Crippen molar-refractivity contribution in [1.29, 1.82) is 0 Å². The summed E-state index contributed by atoms with van der Waals surface area (Å²) >= 11 is 0. The molecule has 0 spiro atoms. The first-order valence-electron chi connectivity index (χ1n) is 8.38. The minimum Gasteiger partial charge on any atom is -0.482 e. The number of carboxylic acid groups (broad SMARTS) is 1. The number of hydrogen-bond acceptors (Lipinski definition) is 4. The van der Waals surface area contributed by atoms with Crippen LogP contribution in [0.5, 0.6) is 5.75 Å². The van der Waals surface area contributed by atoms with Gasteiger partial charge in [0.25, 0.3) is 0 Å². The molecule has 1 aromatic rings. The quantitative estimate of drug-likeness (QED) is 0.834. The second-order valence-corrected chi connectivity index (χ2v) is 6.60. The summed E-state index contributed by atoms with van der Waals surface area (Å²) in [6.45, 7) is 2.25. The van der Waals surface area contributed by atoms with E-state index in [0.717, 1.165) is 31.2 Å². The molecule has 2 fully saturated rings. The van der Waals surface area contributed by atoms with Gasteiger partial charge in [-0.15, -0.1) is 0 Å². The fourth-order valence-corrected chi connectivity index (χ4v) is 3.75. The number of amides is 1. The maximum absolute atomic E-state index is 12.8. The van der Waals surface area contributed by atoms with Gasteiger partial charge in [-0.25, -0.2) is 4.79 Å². The van der Waals surface area contributed by atoms with Gasteiger partial charge >= 0.3 is 5.97 Å². The standard InChI is InChI=1S/C18H23NO5/c1-12(13-4-6-14(7-5-13)24-11-16(20)21)19-17(22)18-8-2-3-15(18)23-10-9-18/h4-7,12,15H,2-3,8-11H2,1H3,(H,19,22)(H,20,21)/t12?,15-,18+/m1/s1. The van der Waals surface area contributed by atoms with Crippen LogP contribution in [0, 0.1) is 5.41 Å². The first kappa shape index (κ1) is 16.8. The van der Waals surface area contributed by atoms with E-state index in [0.29, 0.717) is 12.4 Å². The molecule has 1 saturated heterocycles. The molecule has 0 radical (unpaired) electrons. The second kappa shape index (κ2) is 6.81. The maximum Gasteiger partial charge on any atom is 0.341 e. The number of aliphatic carboxylic acids is 1. The number of benzene rings is 1. The molecular formula is C18H23NO5. The molecule has 3 rings (SSSR count). The minimum absolute atomic E-state index is 0.0662. The van der Waals surface area contributed by atoms with Crippen LogP contribution in [0.1, 0.15) is 44.2 Å². The monoisotopic (exact) mass is 333 g/mol. The lowest BCUT2D eigenvalue weighted by atomic mass is 9.81. The summed E-state index contributed by atoms with van der Waals surface area (Å²) in [5, 5.41) is 11.7. The van der Waals surface area contributed by atoms with Crippen molar-refractivity contribution >= 4 is 11.9 Å². The van der Waals surface area contributed by atoms with E-state index in [1.807, 2.05) is 19.1 Å². The Kier molecular flexibility index (Phi) is 4.76. The van der Waals surface area contributed by atoms with Crippen molar-refractivity contribution in [1.82, 2.24) is 5.32 Å². The molecule has 1 aliphatic heterocycles. The maximum atomic E-state index is 12.8. The van der Waals surface area contributed by atoms with Crippen molar-refractivity contribution in [2.45, 2.75) is 44.8 Å². The Morgan fingerprint density at radius 1 is 1.38 bits per heavy atom. The third-order valence-corrected chi connectivity index (χ3v) is 5.11. The van der Waals surface area contributed by atoms with Gasteiger partial charge in [0.2, 0.25) is 5.91 Å². The smallest absolute Gasteiger partial charge is 0.341 e. The number of hydrogen-bond donors (Lipinski definition) is 2. The topological polar surface area (TPSA) is 84.9 Å². The van der Waals surface area contributed by atoms with Crippen LogP contribution in [0.25, 0.3) is 0 Å². The third kappa shape index (κ3) is 3.24. The first-order valence-corrected chi connectivity index (χ1v) is 8.38. The van der Waals surface area contributed by atoms with E-state index in [-0.39, 0.29) is 30.1 Å². The number of carboxylic acids is 1. The Balaban J connectivity index is 1.61. The highest BCUT2D eigenvalue weighted by atomic mass is 16.5. The normalized spacial score (nSPS) is 26.6. The molecule has 130 valence electrons. The minimum atomic E-state index is -1.01. The molecule has 1 saturated carbocycles. The summed E-state index contributed by atoms with van der Waals surface area (Å²) in [4.78, 5) is 23.3. The molecule has 2 N–H and O–H groups in total. The van der Waals surface area contributed by atoms with Crippen molar-refractivity contribution in [2.75, 3.05) is 13.2 Å². The average Bonchev–Trinajstić information content (AvgIpc) is 3.14. The molecule has 0 bridgehead atoms. The second-order valence-electron chi connectivity index (χ2n) is 6.60. The highest BCUT2D eigenvalue weighted by molar-refractivity contribution is 5.84. The number of carbonyl (C=O) groups excluding carboxylic acids is 1. The predicted molar refractivity (Wildman–Crippen MR) is 86.8 cm³/mol. The Labute approximate surface area is 141 Å². The van der Waals surface area contributed by atoms with Gasteiger partial charge in [0.05, 0.1) is 17.6 Å². The van der Waals surface area contributed by atoms with Crippen LogP contribution in [0.2, 0.25) is 0 Å². The first-order chi connectivity index (χ1) is 11.5. The summed E-state index contributed by atoms with van der Waals surface area (Å²) < 4.78 is 10.8. The molecular weight excluding hydrogens is 310 g/mol. The Bertz CT molecular complexity index is 602. The van der Waals surface area contributed by atoms with Crippen LogP contribution < -0.4 is 10.1 Å². The van der Waals surface area contributed by atoms with Gasteiger partial charge in [-0.3, -0.25) is 4.79 Å². The van der Waals surface area contributed by atoms with Gasteiger partial charge in [0.15, 0.2) is 6.61 Å². The predicted octanol–water partition coefficient (Wildman–Crippen LogP) is 2.29. The van der Waals surface area contributed by atoms with E-state index in [2.05, 4.69) is 5.32 Å². The van der Waals surface area contributed by atoms with E-state index in [1.54, 1.807) is 12.1 Å². The fraction of sp³-hybridized carbons (Fsp3) is 0.556. The number of nitrogens with one attached hydrogen (secondary N) is 1. The molecule has 1 aromatic carbocycles. The number of carbonyl (C=O) groups is 2. The van der Waals surface area contributed by atoms with Crippen molar-refractivity contribution in [3.05, 3.63) is 29.8 Å². The van der Waals surface area contributed by atoms with Gasteiger partial charge in [-0.2, -0.15) is 0 Å². The molecule has 1 amide bonds. The molecule has 6 heteroatoms. The molecule has 6 nitrogen and oxygen atoms in total. The Morgan fingerprint density at radius 2 is 2.12 bits per heavy atom. The number of fused-ring (bicyclic) bond motifs is 1. The molecule has 1 heterocycles. The van der Waals surface area contributed by atoms with E-state index < -0.39 is 5.97 Å². The van der Waals surface area contributed by atoms with Gasteiger partial charge in [0, 0.05) is 6.61 Å². The van der Waals surface area contributed by atoms with E-state index in [1.165, 1.54) is 0 Å². The number of rotatable bonds is 6. The fourth-order valence-electron chi connectivity index (χ4n) is 3.75. The highest BCUT2D eigenvalue weighted by Crippen LogP contribution is 2.47. The Morgan fingerprint density at radius 3 is 2.83 bits per heavy atom. The lowest BCUT2D eigenvalue weighted by Crippen LogP contribution is -2.44. The van der Waals surface area contributed by atoms with Crippen LogP contribution >= 0.6 is 0 Å². The van der Waals surface area contributed by atoms with Gasteiger partial charge < -0.3 is 19.9 Å². The van der Waals surface area contributed by atoms with Crippen LogP contribution in [-0.2, 0) is 14.3 Å². The largest absolute Gasteiger partial charge is 0.482 e. The van der Waals surface area contributed by atoms with E-state index in [4.69, 9.17) is 14.6 Å². The van der Waals surface area contributed by atoms with E-state index in [9.17, 15) is 9.59 Å². The summed E-state index contributed by atoms with van der Waals surface area (Å²) in [5.74, 6) is -0.427. The number of ether oxygens (including phenoxy) is 2.